The molecule has 0 bridgehead atoms. The lowest BCUT2D eigenvalue weighted by atomic mass is 10.1. The minimum atomic E-state index is -3.66. The molecule has 124 valence electrons. The van der Waals surface area contributed by atoms with Crippen LogP contribution in [0.3, 0.4) is 0 Å². The number of hydrogen-bond donors (Lipinski definition) is 2. The Bertz CT molecular complexity index is 778. The molecule has 0 fully saturated rings. The number of nitrogens with one attached hydrogen (secondary N) is 2. The summed E-state index contributed by atoms with van der Waals surface area (Å²) in [5.74, 6) is -0.153. The average Bonchev–Trinajstić information content (AvgIpc) is 2.83. The summed E-state index contributed by atoms with van der Waals surface area (Å²) in [5, 5.41) is 4.75. The van der Waals surface area contributed by atoms with Crippen LogP contribution in [-0.4, -0.2) is 24.8 Å². The molecule has 0 aliphatic heterocycles. The van der Waals surface area contributed by atoms with Crippen molar-refractivity contribution in [3.05, 3.63) is 41.4 Å². The Hall–Kier alpha value is -1.93. The highest BCUT2D eigenvalue weighted by atomic mass is 32.2. The fourth-order valence-electron chi connectivity index (χ4n) is 1.84. The van der Waals surface area contributed by atoms with Gasteiger partial charge in [0, 0.05) is 10.9 Å². The first-order valence-electron chi connectivity index (χ1n) is 6.99. The van der Waals surface area contributed by atoms with E-state index in [9.17, 15) is 13.2 Å². The number of nitrogens with zero attached hydrogens (tertiary/aromatic N) is 1. The van der Waals surface area contributed by atoms with Gasteiger partial charge in [0.15, 0.2) is 5.13 Å². The highest BCUT2D eigenvalue weighted by molar-refractivity contribution is 7.93. The zero-order chi connectivity index (χ0) is 17.1. The topological polar surface area (TPSA) is 88.2 Å². The normalized spacial score (nSPS) is 12.0. The first-order chi connectivity index (χ1) is 10.7. The molecule has 0 aliphatic carbocycles. The van der Waals surface area contributed by atoms with Gasteiger partial charge in [-0.3, -0.25) is 9.52 Å². The molecule has 2 N–H and O–H groups in total. The monoisotopic (exact) mass is 353 g/mol. The molecule has 0 atom stereocenters. The molecule has 0 spiro atoms. The molecule has 1 heterocycles. The molecule has 8 heteroatoms. The summed E-state index contributed by atoms with van der Waals surface area (Å²) in [6.07, 6.45) is 0.112. The highest BCUT2D eigenvalue weighted by Gasteiger charge is 2.18. The third-order valence-corrected chi connectivity index (χ3v) is 4.97. The van der Waals surface area contributed by atoms with Crippen molar-refractivity contribution < 1.29 is 13.2 Å². The van der Waals surface area contributed by atoms with Crippen LogP contribution < -0.4 is 10.0 Å². The van der Waals surface area contributed by atoms with Gasteiger partial charge < -0.3 is 5.32 Å². The lowest BCUT2D eigenvalue weighted by Gasteiger charge is -2.20. The summed E-state index contributed by atoms with van der Waals surface area (Å²) in [6.45, 7) is 5.68. The van der Waals surface area contributed by atoms with E-state index in [1.54, 1.807) is 23.6 Å². The van der Waals surface area contributed by atoms with Crippen molar-refractivity contribution >= 4 is 32.4 Å². The van der Waals surface area contributed by atoms with E-state index >= 15 is 0 Å². The minimum Gasteiger partial charge on any atom is -0.351 e. The SMILES string of the molecule is CC(C)(C)NC(=O)Cc1csc(NS(=O)(=O)c2ccccc2)n1. The average molecular weight is 353 g/mol. The fourth-order valence-corrected chi connectivity index (χ4v) is 3.82. The van der Waals surface area contributed by atoms with E-state index < -0.39 is 10.0 Å². The third kappa shape index (κ3) is 5.33. The van der Waals surface area contributed by atoms with Gasteiger partial charge in [0.05, 0.1) is 17.0 Å². The van der Waals surface area contributed by atoms with Crippen molar-refractivity contribution in [2.75, 3.05) is 4.72 Å². The van der Waals surface area contributed by atoms with Crippen LogP contribution in [0.2, 0.25) is 0 Å². The second-order valence-electron chi connectivity index (χ2n) is 6.04. The Balaban J connectivity index is 2.04. The molecule has 0 radical (unpaired) electrons. The predicted octanol–water partition coefficient (Wildman–Crippen LogP) is 2.40. The molecule has 6 nitrogen and oxygen atoms in total. The lowest BCUT2D eigenvalue weighted by Crippen LogP contribution is -2.41. The standard InChI is InChI=1S/C15H19N3O3S2/c1-15(2,3)17-13(19)9-11-10-22-14(16-11)18-23(20,21)12-7-5-4-6-8-12/h4-8,10H,9H2,1-3H3,(H,16,18)(H,17,19). The van der Waals surface area contributed by atoms with Crippen LogP contribution in [0.5, 0.6) is 0 Å². The van der Waals surface area contributed by atoms with Crippen LogP contribution in [0, 0.1) is 0 Å². The van der Waals surface area contributed by atoms with E-state index in [2.05, 4.69) is 15.0 Å². The Morgan fingerprint density at radius 3 is 2.48 bits per heavy atom. The first-order valence-corrected chi connectivity index (χ1v) is 9.35. The number of anilines is 1. The largest absolute Gasteiger partial charge is 0.351 e. The van der Waals surface area contributed by atoms with Crippen LogP contribution in [0.15, 0.2) is 40.6 Å². The summed E-state index contributed by atoms with van der Waals surface area (Å²) in [7, 11) is -3.66. The Labute approximate surface area is 140 Å². The second-order valence-corrected chi connectivity index (χ2v) is 8.58. The van der Waals surface area contributed by atoms with E-state index in [0.717, 1.165) is 11.3 Å². The molecule has 0 saturated heterocycles. The second kappa shape index (κ2) is 6.67. The minimum absolute atomic E-state index is 0.112. The number of aromatic nitrogens is 1. The van der Waals surface area contributed by atoms with Crippen molar-refractivity contribution in [1.29, 1.82) is 0 Å². The third-order valence-electron chi connectivity index (χ3n) is 2.68. The summed E-state index contributed by atoms with van der Waals surface area (Å²) in [4.78, 5) is 16.2. The molecule has 0 aliphatic rings. The number of amides is 1. The van der Waals surface area contributed by atoms with E-state index in [4.69, 9.17) is 0 Å². The lowest BCUT2D eigenvalue weighted by molar-refractivity contribution is -0.121. The predicted molar refractivity (Wildman–Crippen MR) is 91.0 cm³/mol. The van der Waals surface area contributed by atoms with E-state index in [-0.39, 0.29) is 27.9 Å². The van der Waals surface area contributed by atoms with Crippen molar-refractivity contribution in [2.45, 2.75) is 37.6 Å². The van der Waals surface area contributed by atoms with Gasteiger partial charge in [-0.2, -0.15) is 0 Å². The smallest absolute Gasteiger partial charge is 0.263 e. The zero-order valence-electron chi connectivity index (χ0n) is 13.2. The molecule has 2 rings (SSSR count). The molecular weight excluding hydrogens is 334 g/mol. The Morgan fingerprint density at radius 1 is 1.22 bits per heavy atom. The van der Waals surface area contributed by atoms with Gasteiger partial charge in [0.25, 0.3) is 10.0 Å². The van der Waals surface area contributed by atoms with Crippen LogP contribution in [0.4, 0.5) is 5.13 Å². The van der Waals surface area contributed by atoms with Gasteiger partial charge in [0.2, 0.25) is 5.91 Å². The highest BCUT2D eigenvalue weighted by Crippen LogP contribution is 2.20. The van der Waals surface area contributed by atoms with Crippen molar-refractivity contribution in [2.24, 2.45) is 0 Å². The van der Waals surface area contributed by atoms with Gasteiger partial charge in [-0.05, 0) is 32.9 Å². The molecule has 0 saturated carbocycles. The maximum Gasteiger partial charge on any atom is 0.263 e. The molecular formula is C15H19N3O3S2. The van der Waals surface area contributed by atoms with Gasteiger partial charge in [-0.15, -0.1) is 11.3 Å². The van der Waals surface area contributed by atoms with Gasteiger partial charge >= 0.3 is 0 Å². The number of sulfonamides is 1. The van der Waals surface area contributed by atoms with Gasteiger partial charge in [0.1, 0.15) is 0 Å². The molecule has 1 aromatic heterocycles. The summed E-state index contributed by atoms with van der Waals surface area (Å²) >= 11 is 1.15. The number of carbonyl (C=O) groups is 1. The number of carbonyl (C=O) groups excluding carboxylic acids is 1. The summed E-state index contributed by atoms with van der Waals surface area (Å²) < 4.78 is 26.8. The molecule has 1 aromatic carbocycles. The quantitative estimate of drug-likeness (QED) is 0.864. The molecule has 1 amide bonds. The molecule has 23 heavy (non-hydrogen) atoms. The number of hydrogen-bond acceptors (Lipinski definition) is 5. The van der Waals surface area contributed by atoms with Crippen molar-refractivity contribution in [3.63, 3.8) is 0 Å². The number of thiazole rings is 1. The van der Waals surface area contributed by atoms with Crippen LogP contribution >= 0.6 is 11.3 Å². The molecule has 2 aromatic rings. The van der Waals surface area contributed by atoms with Crippen LogP contribution in [0.1, 0.15) is 26.5 Å². The van der Waals surface area contributed by atoms with E-state index in [1.165, 1.54) is 12.1 Å². The van der Waals surface area contributed by atoms with E-state index in [0.29, 0.717) is 5.69 Å². The van der Waals surface area contributed by atoms with Crippen LogP contribution in [0.25, 0.3) is 0 Å². The Morgan fingerprint density at radius 2 is 1.87 bits per heavy atom. The first kappa shape index (κ1) is 17.4. The van der Waals surface area contributed by atoms with Crippen molar-refractivity contribution in [1.82, 2.24) is 10.3 Å². The maximum absolute atomic E-state index is 12.2. The maximum atomic E-state index is 12.2. The van der Waals surface area contributed by atoms with Crippen LogP contribution in [-0.2, 0) is 21.2 Å². The number of benzene rings is 1. The number of rotatable bonds is 5. The zero-order valence-corrected chi connectivity index (χ0v) is 14.8. The van der Waals surface area contributed by atoms with E-state index in [1.807, 2.05) is 20.8 Å². The van der Waals surface area contributed by atoms with Gasteiger partial charge in [-0.1, -0.05) is 18.2 Å². The summed E-state index contributed by atoms with van der Waals surface area (Å²) in [5.41, 5.74) is 0.215. The fraction of sp³-hybridized carbons (Fsp3) is 0.333. The summed E-state index contributed by atoms with van der Waals surface area (Å²) in [6, 6.07) is 8.06. The van der Waals surface area contributed by atoms with Gasteiger partial charge in [-0.25, -0.2) is 13.4 Å². The van der Waals surface area contributed by atoms with Crippen molar-refractivity contribution in [3.8, 4) is 0 Å². The molecule has 0 unspecified atom stereocenters. The Kier molecular flexibility index (Phi) is 5.06.